The van der Waals surface area contributed by atoms with Gasteiger partial charge >= 0.3 is 0 Å². The van der Waals surface area contributed by atoms with E-state index in [-0.39, 0.29) is 23.0 Å². The number of halogens is 1. The molecule has 0 bridgehead atoms. The van der Waals surface area contributed by atoms with Crippen molar-refractivity contribution in [2.75, 3.05) is 18.9 Å². The van der Waals surface area contributed by atoms with Gasteiger partial charge in [-0.3, -0.25) is 4.79 Å². The topological polar surface area (TPSA) is 77.2 Å². The van der Waals surface area contributed by atoms with Gasteiger partial charge in [-0.15, -0.1) is 0 Å². The number of anilines is 1. The number of hydrogen-bond donors (Lipinski definition) is 2. The molecule has 0 saturated heterocycles. The number of pyridine rings is 1. The highest BCUT2D eigenvalue weighted by molar-refractivity contribution is 6.29. The fourth-order valence-corrected chi connectivity index (χ4v) is 1.42. The molecule has 6 heteroatoms. The molecule has 5 nitrogen and oxygen atoms in total. The molecule has 1 rings (SSSR count). The summed E-state index contributed by atoms with van der Waals surface area (Å²) < 4.78 is 5.30. The molecular formula is C11H16ClN3O2. The molecule has 0 aliphatic heterocycles. The Morgan fingerprint density at radius 3 is 2.88 bits per heavy atom. The minimum Gasteiger partial charge on any atom is -0.384 e. The first kappa shape index (κ1) is 13.7. The summed E-state index contributed by atoms with van der Waals surface area (Å²) in [6, 6.07) is 2.95. The molecule has 0 spiro atoms. The molecule has 1 amide bonds. The van der Waals surface area contributed by atoms with Gasteiger partial charge in [-0.1, -0.05) is 11.6 Å². The largest absolute Gasteiger partial charge is 0.384 e. The van der Waals surface area contributed by atoms with Crippen LogP contribution in [0, 0.1) is 0 Å². The van der Waals surface area contributed by atoms with Gasteiger partial charge in [0.2, 0.25) is 0 Å². The summed E-state index contributed by atoms with van der Waals surface area (Å²) >= 11 is 5.70. The van der Waals surface area contributed by atoms with Gasteiger partial charge in [0.05, 0.1) is 12.7 Å². The van der Waals surface area contributed by atoms with Crippen LogP contribution < -0.4 is 11.1 Å². The first-order valence-corrected chi connectivity index (χ1v) is 5.69. The number of carbonyl (C=O) groups excluding carboxylic acids is 1. The van der Waals surface area contributed by atoms with E-state index in [1.807, 2.05) is 13.8 Å². The monoisotopic (exact) mass is 257 g/mol. The van der Waals surface area contributed by atoms with Crippen molar-refractivity contribution >= 4 is 23.3 Å². The molecular weight excluding hydrogens is 242 g/mol. The quantitative estimate of drug-likeness (QED) is 0.619. The molecule has 94 valence electrons. The van der Waals surface area contributed by atoms with Gasteiger partial charge in [0.1, 0.15) is 11.0 Å². The number of nitrogens with two attached hydrogens (primary N) is 1. The third-order valence-corrected chi connectivity index (χ3v) is 2.11. The third-order valence-electron chi connectivity index (χ3n) is 1.91. The Hall–Kier alpha value is -1.33. The molecule has 1 aromatic heterocycles. The molecule has 0 radical (unpaired) electrons. The fraction of sp³-hybridized carbons (Fsp3) is 0.455. The Balaban J connectivity index is 2.47. The second-order valence-corrected chi connectivity index (χ2v) is 4.17. The van der Waals surface area contributed by atoms with E-state index in [2.05, 4.69) is 10.3 Å². The van der Waals surface area contributed by atoms with Gasteiger partial charge in [0, 0.05) is 12.1 Å². The lowest BCUT2D eigenvalue weighted by molar-refractivity contribution is 0.0746. The number of rotatable bonds is 5. The molecule has 0 unspecified atom stereocenters. The lowest BCUT2D eigenvalue weighted by atomic mass is 10.2. The lowest BCUT2D eigenvalue weighted by Gasteiger charge is -2.09. The average molecular weight is 258 g/mol. The van der Waals surface area contributed by atoms with Crippen molar-refractivity contribution in [1.29, 1.82) is 0 Å². The zero-order valence-electron chi connectivity index (χ0n) is 9.87. The zero-order valence-corrected chi connectivity index (χ0v) is 10.6. The van der Waals surface area contributed by atoms with E-state index in [9.17, 15) is 4.79 Å². The summed E-state index contributed by atoms with van der Waals surface area (Å²) in [5.74, 6) is -0.0190. The van der Waals surface area contributed by atoms with Crippen LogP contribution in [0.1, 0.15) is 24.2 Å². The Bertz CT molecular complexity index is 376. The van der Waals surface area contributed by atoms with Crippen LogP contribution >= 0.6 is 11.6 Å². The van der Waals surface area contributed by atoms with E-state index < -0.39 is 0 Å². The zero-order chi connectivity index (χ0) is 12.8. The Kier molecular flexibility index (Phi) is 5.18. The van der Waals surface area contributed by atoms with Gasteiger partial charge in [-0.05, 0) is 26.0 Å². The highest BCUT2D eigenvalue weighted by Crippen LogP contribution is 2.11. The van der Waals surface area contributed by atoms with Crippen LogP contribution in [0.2, 0.25) is 5.15 Å². The van der Waals surface area contributed by atoms with Crippen molar-refractivity contribution in [3.8, 4) is 0 Å². The summed E-state index contributed by atoms with van der Waals surface area (Å²) in [6.45, 7) is 4.78. The number of carbonyl (C=O) groups is 1. The molecule has 0 fully saturated rings. The molecule has 1 aromatic rings. The van der Waals surface area contributed by atoms with Crippen LogP contribution in [0.15, 0.2) is 12.1 Å². The first-order valence-electron chi connectivity index (χ1n) is 5.32. The predicted octanol–water partition coefficient (Wildman–Crippen LogP) is 1.47. The number of ether oxygens (including phenoxy) is 1. The number of hydrogen-bond acceptors (Lipinski definition) is 4. The summed E-state index contributed by atoms with van der Waals surface area (Å²) in [5, 5.41) is 2.91. The first-order chi connectivity index (χ1) is 7.99. The second-order valence-electron chi connectivity index (χ2n) is 3.78. The molecule has 3 N–H and O–H groups in total. The molecule has 0 aliphatic carbocycles. The van der Waals surface area contributed by atoms with E-state index in [1.54, 1.807) is 0 Å². The van der Waals surface area contributed by atoms with Gasteiger partial charge in [0.25, 0.3) is 5.91 Å². The van der Waals surface area contributed by atoms with Crippen molar-refractivity contribution in [3.63, 3.8) is 0 Å². The van der Waals surface area contributed by atoms with Crippen molar-refractivity contribution in [1.82, 2.24) is 10.3 Å². The van der Waals surface area contributed by atoms with Crippen LogP contribution in [-0.2, 0) is 4.74 Å². The highest BCUT2D eigenvalue weighted by atomic mass is 35.5. The highest BCUT2D eigenvalue weighted by Gasteiger charge is 2.07. The van der Waals surface area contributed by atoms with E-state index in [0.717, 1.165) is 0 Å². The smallest absolute Gasteiger partial charge is 0.251 e. The van der Waals surface area contributed by atoms with Crippen molar-refractivity contribution in [2.24, 2.45) is 0 Å². The standard InChI is InChI=1S/C11H16ClN3O2/c1-7(2)17-4-3-14-11(16)8-5-9(12)15-10(13)6-8/h5-7H,3-4H2,1-2H3,(H2,13,15)(H,14,16). The summed E-state index contributed by atoms with van der Waals surface area (Å²) in [5.41, 5.74) is 5.89. The molecule has 0 aliphatic rings. The number of nitrogens with zero attached hydrogens (tertiary/aromatic N) is 1. The van der Waals surface area contributed by atoms with Gasteiger partial charge in [0.15, 0.2) is 0 Å². The van der Waals surface area contributed by atoms with Crippen LogP contribution in [0.4, 0.5) is 5.82 Å². The third kappa shape index (κ3) is 5.01. The van der Waals surface area contributed by atoms with Gasteiger partial charge < -0.3 is 15.8 Å². The van der Waals surface area contributed by atoms with Crippen LogP contribution in [0.25, 0.3) is 0 Å². The van der Waals surface area contributed by atoms with E-state index in [0.29, 0.717) is 18.7 Å². The van der Waals surface area contributed by atoms with Crippen LogP contribution in [-0.4, -0.2) is 30.1 Å². The van der Waals surface area contributed by atoms with Crippen molar-refractivity contribution < 1.29 is 9.53 Å². The SMILES string of the molecule is CC(C)OCCNC(=O)c1cc(N)nc(Cl)c1. The normalized spacial score (nSPS) is 10.6. The molecule has 0 atom stereocenters. The lowest BCUT2D eigenvalue weighted by Crippen LogP contribution is -2.28. The summed E-state index contributed by atoms with van der Waals surface area (Å²) in [7, 11) is 0. The van der Waals surface area contributed by atoms with Crippen molar-refractivity contribution in [2.45, 2.75) is 20.0 Å². The number of aromatic nitrogens is 1. The van der Waals surface area contributed by atoms with E-state index in [1.165, 1.54) is 12.1 Å². The van der Waals surface area contributed by atoms with Gasteiger partial charge in [-0.25, -0.2) is 4.98 Å². The number of nitrogen functional groups attached to an aromatic ring is 1. The predicted molar refractivity (Wildman–Crippen MR) is 67.1 cm³/mol. The maximum absolute atomic E-state index is 11.7. The maximum atomic E-state index is 11.7. The van der Waals surface area contributed by atoms with E-state index >= 15 is 0 Å². The minimum atomic E-state index is -0.242. The summed E-state index contributed by atoms with van der Waals surface area (Å²) in [4.78, 5) is 15.5. The van der Waals surface area contributed by atoms with Crippen LogP contribution in [0.5, 0.6) is 0 Å². The van der Waals surface area contributed by atoms with Gasteiger partial charge in [-0.2, -0.15) is 0 Å². The fourth-order valence-electron chi connectivity index (χ4n) is 1.21. The molecule has 1 heterocycles. The van der Waals surface area contributed by atoms with Crippen LogP contribution in [0.3, 0.4) is 0 Å². The average Bonchev–Trinajstić information content (AvgIpc) is 2.22. The number of amides is 1. The Morgan fingerprint density at radius 1 is 1.59 bits per heavy atom. The van der Waals surface area contributed by atoms with Crippen molar-refractivity contribution in [3.05, 3.63) is 22.8 Å². The maximum Gasteiger partial charge on any atom is 0.251 e. The molecule has 0 saturated carbocycles. The van der Waals surface area contributed by atoms with E-state index in [4.69, 9.17) is 22.1 Å². The Morgan fingerprint density at radius 2 is 2.29 bits per heavy atom. The second kappa shape index (κ2) is 6.42. The number of nitrogens with one attached hydrogen (secondary N) is 1. The molecule has 17 heavy (non-hydrogen) atoms. The summed E-state index contributed by atoms with van der Waals surface area (Å²) in [6.07, 6.45) is 0.151. The Labute approximate surface area is 105 Å². The minimum absolute atomic E-state index is 0.151. The molecule has 0 aromatic carbocycles.